The molecule has 1 atom stereocenters. The van der Waals surface area contributed by atoms with E-state index < -0.39 is 12.0 Å². The van der Waals surface area contributed by atoms with Gasteiger partial charge in [0.05, 0.1) is 0 Å². The van der Waals surface area contributed by atoms with Gasteiger partial charge in [0, 0.05) is 11.9 Å². The third-order valence-corrected chi connectivity index (χ3v) is 2.54. The largest absolute Gasteiger partial charge is 0.479 e. The average molecular weight is 199 g/mol. The van der Waals surface area contributed by atoms with Gasteiger partial charge in [0.25, 0.3) is 0 Å². The van der Waals surface area contributed by atoms with Crippen molar-refractivity contribution in [2.24, 2.45) is 0 Å². The van der Waals surface area contributed by atoms with Crippen LogP contribution in [0.15, 0.2) is 17.5 Å². The number of rotatable bonds is 4. The Kier molecular flexibility index (Phi) is 3.02. The zero-order chi connectivity index (χ0) is 9.84. The minimum absolute atomic E-state index is 0.512. The normalized spacial score (nSPS) is 12.1. The van der Waals surface area contributed by atoms with Crippen molar-refractivity contribution >= 4 is 23.7 Å². The first kappa shape index (κ1) is 9.73. The highest BCUT2D eigenvalue weighted by atomic mass is 32.1. The summed E-state index contributed by atoms with van der Waals surface area (Å²) in [7, 11) is 1.45. The van der Waals surface area contributed by atoms with E-state index in [2.05, 4.69) is 0 Å². The quantitative estimate of drug-likeness (QED) is 0.735. The van der Waals surface area contributed by atoms with Crippen molar-refractivity contribution in [3.8, 4) is 0 Å². The predicted octanol–water partition coefficient (Wildman–Crippen LogP) is 0.962. The van der Waals surface area contributed by atoms with Crippen molar-refractivity contribution in [1.82, 2.24) is 4.90 Å². The first-order valence-corrected chi connectivity index (χ1v) is 4.48. The highest BCUT2D eigenvalue weighted by Gasteiger charge is 2.24. The number of thiophene rings is 1. The second kappa shape index (κ2) is 4.04. The number of nitrogens with zero attached hydrogens (tertiary/aromatic N) is 1. The average Bonchev–Trinajstić information content (AvgIpc) is 2.56. The van der Waals surface area contributed by atoms with Gasteiger partial charge < -0.3 is 10.0 Å². The maximum atomic E-state index is 10.8. The molecule has 1 N–H and O–H groups in total. The molecule has 0 saturated heterocycles. The van der Waals surface area contributed by atoms with Gasteiger partial charge in [-0.1, -0.05) is 6.07 Å². The molecular formula is C8H9NO3S. The topological polar surface area (TPSA) is 57.6 Å². The van der Waals surface area contributed by atoms with E-state index in [9.17, 15) is 9.59 Å². The van der Waals surface area contributed by atoms with E-state index in [4.69, 9.17) is 5.11 Å². The summed E-state index contributed by atoms with van der Waals surface area (Å²) in [6.07, 6.45) is 0.512. The number of likely N-dealkylation sites (N-methyl/N-ethyl adjacent to an activating group) is 1. The Balaban J connectivity index is 2.93. The van der Waals surface area contributed by atoms with Crippen molar-refractivity contribution < 1.29 is 14.7 Å². The summed E-state index contributed by atoms with van der Waals surface area (Å²) in [5.41, 5.74) is 0. The van der Waals surface area contributed by atoms with Crippen molar-refractivity contribution in [2.75, 3.05) is 7.05 Å². The fourth-order valence-electron chi connectivity index (χ4n) is 1.00. The van der Waals surface area contributed by atoms with Crippen molar-refractivity contribution in [2.45, 2.75) is 6.04 Å². The van der Waals surface area contributed by atoms with Crippen LogP contribution in [0.1, 0.15) is 10.9 Å². The number of amides is 1. The smallest absolute Gasteiger partial charge is 0.331 e. The molecule has 1 heterocycles. The Labute approximate surface area is 79.4 Å². The van der Waals surface area contributed by atoms with Crippen LogP contribution in [0.2, 0.25) is 0 Å². The summed E-state index contributed by atoms with van der Waals surface area (Å²) >= 11 is 1.32. The van der Waals surface area contributed by atoms with E-state index in [1.165, 1.54) is 18.4 Å². The van der Waals surface area contributed by atoms with Crippen LogP contribution in [-0.2, 0) is 9.59 Å². The molecule has 1 aromatic heterocycles. The molecule has 1 amide bonds. The molecule has 0 aliphatic heterocycles. The predicted molar refractivity (Wildman–Crippen MR) is 48.5 cm³/mol. The van der Waals surface area contributed by atoms with Gasteiger partial charge in [-0.15, -0.1) is 11.3 Å². The molecule has 0 aliphatic rings. The Morgan fingerprint density at radius 2 is 2.46 bits per heavy atom. The number of carboxylic acids is 1. The van der Waals surface area contributed by atoms with Crippen LogP contribution in [-0.4, -0.2) is 29.4 Å². The van der Waals surface area contributed by atoms with Crippen LogP contribution in [0, 0.1) is 0 Å². The van der Waals surface area contributed by atoms with E-state index in [1.807, 2.05) is 0 Å². The van der Waals surface area contributed by atoms with Crippen LogP contribution in [0.5, 0.6) is 0 Å². The molecule has 4 nitrogen and oxygen atoms in total. The monoisotopic (exact) mass is 199 g/mol. The fraction of sp³-hybridized carbons (Fsp3) is 0.250. The Bertz CT molecular complexity index is 296. The summed E-state index contributed by atoms with van der Waals surface area (Å²) < 4.78 is 0. The second-order valence-electron chi connectivity index (χ2n) is 2.53. The maximum absolute atomic E-state index is 10.8. The molecule has 0 fully saturated rings. The van der Waals surface area contributed by atoms with Crippen LogP contribution in [0.25, 0.3) is 0 Å². The molecule has 0 aromatic carbocycles. The van der Waals surface area contributed by atoms with Crippen LogP contribution in [0.4, 0.5) is 0 Å². The number of carbonyl (C=O) groups excluding carboxylic acids is 1. The molecule has 0 saturated carbocycles. The summed E-state index contributed by atoms with van der Waals surface area (Å²) in [5.74, 6) is -1.02. The van der Waals surface area contributed by atoms with Gasteiger partial charge >= 0.3 is 5.97 Å². The molecule has 0 radical (unpaired) electrons. The van der Waals surface area contributed by atoms with Gasteiger partial charge in [-0.25, -0.2) is 4.79 Å². The van der Waals surface area contributed by atoms with Crippen LogP contribution >= 0.6 is 11.3 Å². The molecule has 1 aromatic rings. The molecule has 5 heteroatoms. The number of hydrogen-bond donors (Lipinski definition) is 1. The Morgan fingerprint density at radius 1 is 1.77 bits per heavy atom. The Morgan fingerprint density at radius 3 is 2.85 bits per heavy atom. The molecule has 0 bridgehead atoms. The van der Waals surface area contributed by atoms with E-state index >= 15 is 0 Å². The van der Waals surface area contributed by atoms with E-state index in [1.54, 1.807) is 17.5 Å². The fourth-order valence-corrected chi connectivity index (χ4v) is 1.87. The van der Waals surface area contributed by atoms with Crippen molar-refractivity contribution in [3.63, 3.8) is 0 Å². The SMILES string of the molecule is CN(C=O)C(C(=O)O)c1cccs1. The molecule has 0 spiro atoms. The standard InChI is InChI=1S/C8H9NO3S/c1-9(5-10)7(8(11)12)6-3-2-4-13-6/h2-5,7H,1H3,(H,11,12). The van der Waals surface area contributed by atoms with Crippen LogP contribution < -0.4 is 0 Å². The second-order valence-corrected chi connectivity index (χ2v) is 3.51. The van der Waals surface area contributed by atoms with Gasteiger partial charge in [-0.05, 0) is 11.4 Å². The van der Waals surface area contributed by atoms with E-state index in [0.717, 1.165) is 4.90 Å². The molecule has 1 unspecified atom stereocenters. The highest BCUT2D eigenvalue weighted by Crippen LogP contribution is 2.23. The first-order valence-electron chi connectivity index (χ1n) is 3.60. The zero-order valence-electron chi connectivity index (χ0n) is 7.01. The van der Waals surface area contributed by atoms with Gasteiger partial charge in [0.1, 0.15) is 0 Å². The third kappa shape index (κ3) is 2.06. The summed E-state index contributed by atoms with van der Waals surface area (Å²) in [4.78, 5) is 23.0. The minimum Gasteiger partial charge on any atom is -0.479 e. The number of aliphatic carboxylic acids is 1. The third-order valence-electron chi connectivity index (χ3n) is 1.62. The van der Waals surface area contributed by atoms with Crippen LogP contribution in [0.3, 0.4) is 0 Å². The van der Waals surface area contributed by atoms with Gasteiger partial charge in [-0.3, -0.25) is 4.79 Å². The minimum atomic E-state index is -1.02. The number of carboxylic acid groups (broad SMARTS) is 1. The summed E-state index contributed by atoms with van der Waals surface area (Å²) in [6.45, 7) is 0. The van der Waals surface area contributed by atoms with Gasteiger partial charge in [0.2, 0.25) is 6.41 Å². The molecular weight excluding hydrogens is 190 g/mol. The van der Waals surface area contributed by atoms with E-state index in [-0.39, 0.29) is 0 Å². The lowest BCUT2D eigenvalue weighted by Crippen LogP contribution is -2.28. The summed E-state index contributed by atoms with van der Waals surface area (Å²) in [6, 6.07) is 2.59. The van der Waals surface area contributed by atoms with Gasteiger partial charge in [-0.2, -0.15) is 0 Å². The molecule has 13 heavy (non-hydrogen) atoms. The van der Waals surface area contributed by atoms with Crippen molar-refractivity contribution in [1.29, 1.82) is 0 Å². The number of hydrogen-bond acceptors (Lipinski definition) is 3. The zero-order valence-corrected chi connectivity index (χ0v) is 7.82. The highest BCUT2D eigenvalue weighted by molar-refractivity contribution is 7.10. The number of carbonyl (C=O) groups is 2. The lowest BCUT2D eigenvalue weighted by atomic mass is 10.2. The lowest BCUT2D eigenvalue weighted by Gasteiger charge is -2.18. The lowest BCUT2D eigenvalue weighted by molar-refractivity contribution is -0.145. The maximum Gasteiger partial charge on any atom is 0.331 e. The van der Waals surface area contributed by atoms with E-state index in [0.29, 0.717) is 11.3 Å². The summed E-state index contributed by atoms with van der Waals surface area (Å²) in [5, 5.41) is 10.6. The first-order chi connectivity index (χ1) is 6.16. The Hall–Kier alpha value is -1.36. The van der Waals surface area contributed by atoms with Gasteiger partial charge in [0.15, 0.2) is 6.04 Å². The van der Waals surface area contributed by atoms with Crippen molar-refractivity contribution in [3.05, 3.63) is 22.4 Å². The molecule has 1 rings (SSSR count). The molecule has 70 valence electrons. The molecule has 0 aliphatic carbocycles.